The molecule has 3 N–H and O–H groups in total. The van der Waals surface area contributed by atoms with Gasteiger partial charge in [0.15, 0.2) is 0 Å². The second-order valence-electron chi connectivity index (χ2n) is 8.73. The fourth-order valence-corrected chi connectivity index (χ4v) is 3.80. The number of β-amino-alcohol motifs (C(OH)–C–C–N with tert-alkyl or cyclic N) is 1. The highest BCUT2D eigenvalue weighted by molar-refractivity contribution is 5.88. The molecule has 1 atom stereocenters. The van der Waals surface area contributed by atoms with E-state index in [0.717, 1.165) is 22.4 Å². The molecule has 156 valence electrons. The molecule has 0 aliphatic carbocycles. The lowest BCUT2D eigenvalue weighted by Gasteiger charge is -2.26. The van der Waals surface area contributed by atoms with Gasteiger partial charge in [-0.1, -0.05) is 13.8 Å². The highest BCUT2D eigenvalue weighted by atomic mass is 16.4. The molecule has 3 rings (SSSR count). The molecular weight excluding hydrogens is 372 g/mol. The van der Waals surface area contributed by atoms with E-state index in [-0.39, 0.29) is 25.3 Å². The number of carbonyl (C=O) groups excluding carboxylic acids is 1. The normalized spacial score (nSPS) is 19.5. The van der Waals surface area contributed by atoms with Crippen molar-refractivity contribution >= 4 is 28.6 Å². The number of rotatable bonds is 7. The molecule has 3 heterocycles. The van der Waals surface area contributed by atoms with Crippen LogP contribution in [0.15, 0.2) is 24.4 Å². The lowest BCUT2D eigenvalue weighted by Crippen LogP contribution is -2.45. The molecule has 0 unspecified atom stereocenters. The predicted molar refractivity (Wildman–Crippen MR) is 110 cm³/mol. The molecule has 0 saturated carbocycles. The largest absolute Gasteiger partial charge is 0.481 e. The minimum absolute atomic E-state index is 0.0833. The Balaban J connectivity index is 1.64. The average molecular weight is 400 g/mol. The van der Waals surface area contributed by atoms with Crippen molar-refractivity contribution in [2.24, 2.45) is 5.41 Å². The smallest absolute Gasteiger partial charge is 0.303 e. The Hall–Kier alpha value is -2.74. The number of hydrogen-bond acceptors (Lipinski definition) is 6. The summed E-state index contributed by atoms with van der Waals surface area (Å²) in [5.41, 5.74) is 1.74. The molecule has 2 aromatic heterocycles. The van der Waals surface area contributed by atoms with Gasteiger partial charge in [-0.3, -0.25) is 14.6 Å². The molecule has 29 heavy (non-hydrogen) atoms. The van der Waals surface area contributed by atoms with Gasteiger partial charge in [0.25, 0.3) is 0 Å². The highest BCUT2D eigenvalue weighted by Crippen LogP contribution is 2.31. The van der Waals surface area contributed by atoms with Gasteiger partial charge in [-0.2, -0.15) is 0 Å². The first kappa shape index (κ1) is 21.0. The van der Waals surface area contributed by atoms with E-state index in [9.17, 15) is 14.7 Å². The summed E-state index contributed by atoms with van der Waals surface area (Å²) in [6, 6.07) is 5.75. The number of anilines is 1. The van der Waals surface area contributed by atoms with Gasteiger partial charge in [0.1, 0.15) is 11.1 Å². The predicted octanol–water partition coefficient (Wildman–Crippen LogP) is 1.89. The van der Waals surface area contributed by atoms with Crippen LogP contribution in [0.5, 0.6) is 0 Å². The van der Waals surface area contributed by atoms with E-state index >= 15 is 0 Å². The van der Waals surface area contributed by atoms with Crippen molar-refractivity contribution in [3.05, 3.63) is 30.1 Å². The number of nitrogens with zero attached hydrogens (tertiary/aromatic N) is 3. The Morgan fingerprint density at radius 2 is 2.03 bits per heavy atom. The van der Waals surface area contributed by atoms with E-state index in [1.54, 1.807) is 20.0 Å². The number of carbonyl (C=O) groups is 2. The first-order chi connectivity index (χ1) is 13.6. The van der Waals surface area contributed by atoms with Crippen LogP contribution < -0.4 is 10.2 Å². The number of hydrogen-bond donors (Lipinski definition) is 3. The van der Waals surface area contributed by atoms with Gasteiger partial charge in [-0.15, -0.1) is 0 Å². The van der Waals surface area contributed by atoms with Crippen molar-refractivity contribution in [1.29, 1.82) is 0 Å². The number of pyridine rings is 2. The van der Waals surface area contributed by atoms with Gasteiger partial charge in [-0.05, 0) is 37.0 Å². The number of amides is 1. The monoisotopic (exact) mass is 400 g/mol. The standard InChI is InChI=1S/C21H28N4O4/c1-14-4-5-15-19(24-14)16(6-8-22-15)25-9-7-21(29,13-25)12-23-17(26)10-20(2,3)11-18(27)28/h4-6,8,29H,7,9-13H2,1-3H3,(H,23,26)(H,27,28)/t21-/m0/s1. The van der Waals surface area contributed by atoms with Crippen LogP contribution in [-0.4, -0.2) is 57.3 Å². The minimum Gasteiger partial charge on any atom is -0.481 e. The molecule has 1 fully saturated rings. The molecule has 1 aliphatic rings. The van der Waals surface area contributed by atoms with Crippen LogP contribution in [0, 0.1) is 12.3 Å². The number of aromatic nitrogens is 2. The summed E-state index contributed by atoms with van der Waals surface area (Å²) in [7, 11) is 0. The van der Waals surface area contributed by atoms with Crippen molar-refractivity contribution in [3.8, 4) is 0 Å². The molecule has 8 nitrogen and oxygen atoms in total. The maximum Gasteiger partial charge on any atom is 0.303 e. The van der Waals surface area contributed by atoms with Gasteiger partial charge >= 0.3 is 5.97 Å². The molecule has 0 radical (unpaired) electrons. The van der Waals surface area contributed by atoms with Crippen molar-refractivity contribution in [1.82, 2.24) is 15.3 Å². The molecule has 0 aromatic carbocycles. The Labute approximate surface area is 170 Å². The van der Waals surface area contributed by atoms with E-state index in [4.69, 9.17) is 5.11 Å². The zero-order valence-corrected chi connectivity index (χ0v) is 17.1. The topological polar surface area (TPSA) is 116 Å². The number of aryl methyl sites for hydroxylation is 1. The number of aliphatic hydroxyl groups is 1. The van der Waals surface area contributed by atoms with E-state index in [2.05, 4.69) is 20.2 Å². The summed E-state index contributed by atoms with van der Waals surface area (Å²) < 4.78 is 0. The minimum atomic E-state index is -1.05. The summed E-state index contributed by atoms with van der Waals surface area (Å²) >= 11 is 0. The quantitative estimate of drug-likeness (QED) is 0.650. The zero-order valence-electron chi connectivity index (χ0n) is 17.1. The molecule has 1 saturated heterocycles. The van der Waals surface area contributed by atoms with Crippen molar-refractivity contribution < 1.29 is 19.8 Å². The Kier molecular flexibility index (Phi) is 5.75. The van der Waals surface area contributed by atoms with E-state index in [1.165, 1.54) is 0 Å². The summed E-state index contributed by atoms with van der Waals surface area (Å²) in [6.07, 6.45) is 2.26. The lowest BCUT2D eigenvalue weighted by molar-refractivity contribution is -0.139. The molecular formula is C21H28N4O4. The van der Waals surface area contributed by atoms with Gasteiger partial charge in [-0.25, -0.2) is 4.98 Å². The Bertz CT molecular complexity index is 930. The third kappa shape index (κ3) is 5.20. The Morgan fingerprint density at radius 1 is 1.28 bits per heavy atom. The number of nitrogens with one attached hydrogen (secondary N) is 1. The highest BCUT2D eigenvalue weighted by Gasteiger charge is 2.37. The van der Waals surface area contributed by atoms with E-state index in [1.807, 2.05) is 25.1 Å². The van der Waals surface area contributed by atoms with Crippen LogP contribution >= 0.6 is 0 Å². The van der Waals surface area contributed by atoms with E-state index < -0.39 is 17.0 Å². The SMILES string of the molecule is Cc1ccc2nccc(N3CC[C@](O)(CNC(=O)CC(C)(C)CC(=O)O)C3)c2n1. The van der Waals surface area contributed by atoms with E-state index in [0.29, 0.717) is 19.5 Å². The molecule has 0 bridgehead atoms. The first-order valence-corrected chi connectivity index (χ1v) is 9.75. The zero-order chi connectivity index (χ0) is 21.2. The second kappa shape index (κ2) is 7.94. The van der Waals surface area contributed by atoms with Gasteiger partial charge in [0.05, 0.1) is 17.6 Å². The fraction of sp³-hybridized carbons (Fsp3) is 0.524. The molecule has 2 aromatic rings. The third-order valence-electron chi connectivity index (χ3n) is 5.26. The summed E-state index contributed by atoms with van der Waals surface area (Å²) in [5.74, 6) is -1.18. The molecule has 0 spiro atoms. The maximum absolute atomic E-state index is 12.3. The summed E-state index contributed by atoms with van der Waals surface area (Å²) in [4.78, 5) is 34.2. The van der Waals surface area contributed by atoms with Crippen LogP contribution in [0.3, 0.4) is 0 Å². The number of carboxylic acid groups (broad SMARTS) is 1. The van der Waals surface area contributed by atoms with Crippen molar-refractivity contribution in [2.75, 3.05) is 24.5 Å². The maximum atomic E-state index is 12.3. The fourth-order valence-electron chi connectivity index (χ4n) is 3.80. The summed E-state index contributed by atoms with van der Waals surface area (Å²) in [5, 5.41) is 22.7. The molecule has 1 amide bonds. The van der Waals surface area contributed by atoms with Crippen LogP contribution in [0.1, 0.15) is 38.8 Å². The second-order valence-corrected chi connectivity index (χ2v) is 8.73. The van der Waals surface area contributed by atoms with Gasteiger partial charge < -0.3 is 20.4 Å². The Morgan fingerprint density at radius 3 is 2.76 bits per heavy atom. The number of fused-ring (bicyclic) bond motifs is 1. The number of aliphatic carboxylic acids is 1. The molecule has 1 aliphatic heterocycles. The average Bonchev–Trinajstić information content (AvgIpc) is 3.00. The van der Waals surface area contributed by atoms with Gasteiger partial charge in [0.2, 0.25) is 5.91 Å². The van der Waals surface area contributed by atoms with Gasteiger partial charge in [0, 0.05) is 37.9 Å². The van der Waals surface area contributed by atoms with Crippen LogP contribution in [0.2, 0.25) is 0 Å². The van der Waals surface area contributed by atoms with Crippen molar-refractivity contribution in [2.45, 2.75) is 45.6 Å². The number of carboxylic acids is 1. The molecule has 8 heteroatoms. The lowest BCUT2D eigenvalue weighted by atomic mass is 9.85. The van der Waals surface area contributed by atoms with Crippen LogP contribution in [0.4, 0.5) is 5.69 Å². The third-order valence-corrected chi connectivity index (χ3v) is 5.26. The van der Waals surface area contributed by atoms with Crippen molar-refractivity contribution in [3.63, 3.8) is 0 Å². The first-order valence-electron chi connectivity index (χ1n) is 9.75. The van der Waals surface area contributed by atoms with Crippen LogP contribution in [0.25, 0.3) is 11.0 Å². The van der Waals surface area contributed by atoms with Crippen LogP contribution in [-0.2, 0) is 9.59 Å². The summed E-state index contributed by atoms with van der Waals surface area (Å²) in [6.45, 7) is 6.57.